The van der Waals surface area contributed by atoms with Crippen molar-refractivity contribution in [2.24, 2.45) is 5.41 Å². The van der Waals surface area contributed by atoms with Crippen molar-refractivity contribution in [3.05, 3.63) is 12.7 Å². The van der Waals surface area contributed by atoms with Gasteiger partial charge < -0.3 is 14.8 Å². The molecule has 1 aliphatic rings. The number of amides is 1. The predicted octanol–water partition coefficient (Wildman–Crippen LogP) is 1.44. The number of imidazole rings is 1. The smallest absolute Gasteiger partial charge is 0.228 e. The molecule has 0 atom stereocenters. The van der Waals surface area contributed by atoms with Crippen molar-refractivity contribution >= 4 is 22.9 Å². The Balaban J connectivity index is 1.78. The molecule has 7 nitrogen and oxygen atoms in total. The minimum atomic E-state index is -0.333. The van der Waals surface area contributed by atoms with Gasteiger partial charge in [-0.25, -0.2) is 15.0 Å². The summed E-state index contributed by atoms with van der Waals surface area (Å²) in [7, 11) is 0. The van der Waals surface area contributed by atoms with Gasteiger partial charge >= 0.3 is 0 Å². The standard InChI is InChI=1S/C15H22N6O/c1-15(2,3)14(22)21-6-4-5-20(7-8-21)13-11-12(17-9-16-11)18-10-19-13/h9-10H,4-8H2,1-3H3,(H,16,17,18,19). The molecule has 2 aromatic rings. The maximum Gasteiger partial charge on any atom is 0.228 e. The number of H-pyrrole nitrogens is 1. The van der Waals surface area contributed by atoms with Crippen LogP contribution >= 0.6 is 0 Å². The van der Waals surface area contributed by atoms with E-state index in [1.165, 1.54) is 0 Å². The van der Waals surface area contributed by atoms with Crippen LogP contribution in [0, 0.1) is 5.41 Å². The fraction of sp³-hybridized carbons (Fsp3) is 0.600. The van der Waals surface area contributed by atoms with E-state index in [1.54, 1.807) is 12.7 Å². The van der Waals surface area contributed by atoms with Crippen molar-refractivity contribution in [1.29, 1.82) is 0 Å². The lowest BCUT2D eigenvalue weighted by atomic mass is 9.94. The summed E-state index contributed by atoms with van der Waals surface area (Å²) in [5.74, 6) is 1.08. The summed E-state index contributed by atoms with van der Waals surface area (Å²) in [6.07, 6.45) is 4.11. The van der Waals surface area contributed by atoms with Crippen LogP contribution in [0.25, 0.3) is 11.2 Å². The van der Waals surface area contributed by atoms with E-state index < -0.39 is 0 Å². The summed E-state index contributed by atoms with van der Waals surface area (Å²) in [5.41, 5.74) is 1.20. The molecule has 7 heteroatoms. The zero-order valence-electron chi connectivity index (χ0n) is 13.3. The maximum absolute atomic E-state index is 12.5. The molecule has 1 fully saturated rings. The van der Waals surface area contributed by atoms with E-state index in [1.807, 2.05) is 25.7 Å². The number of aromatic amines is 1. The van der Waals surface area contributed by atoms with Crippen molar-refractivity contribution in [1.82, 2.24) is 24.8 Å². The number of aromatic nitrogens is 4. The summed E-state index contributed by atoms with van der Waals surface area (Å²) >= 11 is 0. The summed E-state index contributed by atoms with van der Waals surface area (Å²) in [4.78, 5) is 32.5. The van der Waals surface area contributed by atoms with E-state index in [0.717, 1.165) is 43.9 Å². The van der Waals surface area contributed by atoms with Crippen LogP contribution in [0.15, 0.2) is 12.7 Å². The largest absolute Gasteiger partial charge is 0.353 e. The number of carbonyl (C=O) groups is 1. The highest BCUT2D eigenvalue weighted by atomic mass is 16.2. The van der Waals surface area contributed by atoms with Gasteiger partial charge in [0, 0.05) is 31.6 Å². The van der Waals surface area contributed by atoms with E-state index >= 15 is 0 Å². The third-order valence-corrected chi connectivity index (χ3v) is 3.93. The minimum absolute atomic E-state index is 0.212. The van der Waals surface area contributed by atoms with E-state index in [-0.39, 0.29) is 11.3 Å². The van der Waals surface area contributed by atoms with E-state index in [2.05, 4.69) is 24.8 Å². The fourth-order valence-corrected chi connectivity index (χ4v) is 2.80. The molecule has 0 spiro atoms. The van der Waals surface area contributed by atoms with Gasteiger partial charge in [0.1, 0.15) is 11.8 Å². The highest BCUT2D eigenvalue weighted by Crippen LogP contribution is 2.23. The molecule has 0 radical (unpaired) electrons. The number of hydrogen-bond acceptors (Lipinski definition) is 5. The van der Waals surface area contributed by atoms with Gasteiger partial charge in [-0.3, -0.25) is 4.79 Å². The first-order valence-electron chi connectivity index (χ1n) is 7.65. The zero-order valence-corrected chi connectivity index (χ0v) is 13.3. The Morgan fingerprint density at radius 1 is 1.14 bits per heavy atom. The fourth-order valence-electron chi connectivity index (χ4n) is 2.80. The summed E-state index contributed by atoms with van der Waals surface area (Å²) < 4.78 is 0. The Hall–Kier alpha value is -2.18. The first-order valence-corrected chi connectivity index (χ1v) is 7.65. The first kappa shape index (κ1) is 14.7. The van der Waals surface area contributed by atoms with E-state index in [9.17, 15) is 4.79 Å². The molecular weight excluding hydrogens is 280 g/mol. The quantitative estimate of drug-likeness (QED) is 0.862. The molecule has 3 rings (SSSR count). The maximum atomic E-state index is 12.5. The van der Waals surface area contributed by atoms with Crippen LogP contribution in [-0.4, -0.2) is 56.9 Å². The predicted molar refractivity (Wildman–Crippen MR) is 84.5 cm³/mol. The van der Waals surface area contributed by atoms with Crippen LogP contribution in [0.1, 0.15) is 27.2 Å². The van der Waals surface area contributed by atoms with Crippen LogP contribution in [0.2, 0.25) is 0 Å². The average molecular weight is 302 g/mol. The average Bonchev–Trinajstić information content (AvgIpc) is 2.82. The second-order valence-corrected chi connectivity index (χ2v) is 6.68. The summed E-state index contributed by atoms with van der Waals surface area (Å²) in [5, 5.41) is 0. The molecule has 118 valence electrons. The first-order chi connectivity index (χ1) is 10.5. The number of hydrogen-bond donors (Lipinski definition) is 1. The van der Waals surface area contributed by atoms with E-state index in [0.29, 0.717) is 5.65 Å². The zero-order chi connectivity index (χ0) is 15.7. The molecule has 0 bridgehead atoms. The van der Waals surface area contributed by atoms with Crippen molar-refractivity contribution < 1.29 is 4.79 Å². The Morgan fingerprint density at radius 3 is 2.73 bits per heavy atom. The molecule has 22 heavy (non-hydrogen) atoms. The lowest BCUT2D eigenvalue weighted by Crippen LogP contribution is -2.41. The van der Waals surface area contributed by atoms with Gasteiger partial charge in [-0.15, -0.1) is 0 Å². The topological polar surface area (TPSA) is 78.0 Å². The molecule has 0 saturated carbocycles. The second-order valence-electron chi connectivity index (χ2n) is 6.68. The highest BCUT2D eigenvalue weighted by Gasteiger charge is 2.29. The van der Waals surface area contributed by atoms with Crippen molar-refractivity contribution in [3.8, 4) is 0 Å². The Bertz CT molecular complexity index is 674. The monoisotopic (exact) mass is 302 g/mol. The number of rotatable bonds is 1. The number of carbonyl (C=O) groups excluding carboxylic acids is 1. The van der Waals surface area contributed by atoms with Crippen molar-refractivity contribution in [3.63, 3.8) is 0 Å². The Kier molecular flexibility index (Phi) is 3.72. The Morgan fingerprint density at radius 2 is 1.95 bits per heavy atom. The summed E-state index contributed by atoms with van der Waals surface area (Å²) in [6, 6.07) is 0. The van der Waals surface area contributed by atoms with Crippen LogP contribution in [0.4, 0.5) is 5.82 Å². The molecule has 1 saturated heterocycles. The molecule has 0 aromatic carbocycles. The number of anilines is 1. The molecule has 1 aliphatic heterocycles. The van der Waals surface area contributed by atoms with Crippen molar-refractivity contribution in [2.75, 3.05) is 31.1 Å². The third-order valence-electron chi connectivity index (χ3n) is 3.93. The number of nitrogens with zero attached hydrogens (tertiary/aromatic N) is 5. The molecule has 3 heterocycles. The van der Waals surface area contributed by atoms with Gasteiger partial charge in [-0.1, -0.05) is 20.8 Å². The minimum Gasteiger partial charge on any atom is -0.353 e. The molecule has 0 aliphatic carbocycles. The van der Waals surface area contributed by atoms with Crippen LogP contribution in [0.5, 0.6) is 0 Å². The molecular formula is C15H22N6O. The van der Waals surface area contributed by atoms with Gasteiger partial charge in [-0.2, -0.15) is 0 Å². The van der Waals surface area contributed by atoms with Gasteiger partial charge in [0.15, 0.2) is 11.5 Å². The molecule has 0 unspecified atom stereocenters. The van der Waals surface area contributed by atoms with E-state index in [4.69, 9.17) is 0 Å². The normalized spacial score (nSPS) is 16.9. The summed E-state index contributed by atoms with van der Waals surface area (Å²) in [6.45, 7) is 9.06. The van der Waals surface area contributed by atoms with Gasteiger partial charge in [0.25, 0.3) is 0 Å². The molecule has 2 aromatic heterocycles. The third kappa shape index (κ3) is 2.75. The lowest BCUT2D eigenvalue weighted by molar-refractivity contribution is -0.139. The van der Waals surface area contributed by atoms with Gasteiger partial charge in [-0.05, 0) is 6.42 Å². The highest BCUT2D eigenvalue weighted by molar-refractivity contribution is 5.83. The second kappa shape index (κ2) is 5.55. The van der Waals surface area contributed by atoms with Gasteiger partial charge in [0.05, 0.1) is 6.33 Å². The number of nitrogens with one attached hydrogen (secondary N) is 1. The van der Waals surface area contributed by atoms with Crippen LogP contribution in [-0.2, 0) is 4.79 Å². The number of fused-ring (bicyclic) bond motifs is 1. The molecule has 1 amide bonds. The SMILES string of the molecule is CC(C)(C)C(=O)N1CCCN(c2ncnc3nc[nH]c23)CC1. The molecule has 1 N–H and O–H groups in total. The lowest BCUT2D eigenvalue weighted by Gasteiger charge is -2.28. The van der Waals surface area contributed by atoms with Crippen molar-refractivity contribution in [2.45, 2.75) is 27.2 Å². The van der Waals surface area contributed by atoms with Crippen LogP contribution in [0.3, 0.4) is 0 Å². The Labute approximate surface area is 129 Å². The van der Waals surface area contributed by atoms with Gasteiger partial charge in [0.2, 0.25) is 5.91 Å². The van der Waals surface area contributed by atoms with Crippen LogP contribution < -0.4 is 4.90 Å².